The number of ether oxygens (including phenoxy) is 1. The van der Waals surface area contributed by atoms with Crippen molar-refractivity contribution in [3.05, 3.63) is 35.5 Å². The van der Waals surface area contributed by atoms with Crippen molar-refractivity contribution in [1.82, 2.24) is 0 Å². The number of epoxide rings is 1. The average molecular weight is 320 g/mol. The first-order valence-electron chi connectivity index (χ1n) is 8.83. The minimum Gasteiger partial charge on any atom is -0.392 e. The lowest BCUT2D eigenvalue weighted by Crippen LogP contribution is -2.20. The second-order valence-corrected chi connectivity index (χ2v) is 7.51. The summed E-state index contributed by atoms with van der Waals surface area (Å²) in [4.78, 5) is 0. The van der Waals surface area contributed by atoms with Crippen LogP contribution in [0.1, 0.15) is 59.3 Å². The first kappa shape index (κ1) is 18.4. The number of allylic oxidation sites excluding steroid dienone is 2. The fourth-order valence-electron chi connectivity index (χ4n) is 3.56. The van der Waals surface area contributed by atoms with Crippen molar-refractivity contribution >= 4 is 0 Å². The minimum atomic E-state index is -0.572. The SMILES string of the molecule is C=C(C)[C@H]1CC/C(C)=C/CC[C@@]2(C)OC2CC/C(CO)=C\[C@@H]1O. The number of hydrogen-bond acceptors (Lipinski definition) is 3. The van der Waals surface area contributed by atoms with E-state index in [1.165, 1.54) is 5.57 Å². The smallest absolute Gasteiger partial charge is 0.0923 e. The molecule has 0 saturated carbocycles. The van der Waals surface area contributed by atoms with Crippen LogP contribution in [0.2, 0.25) is 0 Å². The van der Waals surface area contributed by atoms with Gasteiger partial charge in [0, 0.05) is 5.92 Å². The van der Waals surface area contributed by atoms with E-state index in [1.807, 2.05) is 13.0 Å². The lowest BCUT2D eigenvalue weighted by Gasteiger charge is -2.22. The zero-order valence-electron chi connectivity index (χ0n) is 14.8. The largest absolute Gasteiger partial charge is 0.392 e. The lowest BCUT2D eigenvalue weighted by atomic mass is 9.87. The molecule has 2 rings (SSSR count). The van der Waals surface area contributed by atoms with Gasteiger partial charge in [-0.15, -0.1) is 0 Å². The molecule has 0 aromatic rings. The zero-order chi connectivity index (χ0) is 17.0. The van der Waals surface area contributed by atoms with Gasteiger partial charge >= 0.3 is 0 Å². The Bertz CT molecular complexity index is 491. The van der Waals surface area contributed by atoms with Crippen LogP contribution >= 0.6 is 0 Å². The molecular formula is C20H32O3. The summed E-state index contributed by atoms with van der Waals surface area (Å²) in [5.74, 6) is 0.0466. The van der Waals surface area contributed by atoms with Gasteiger partial charge in [0.2, 0.25) is 0 Å². The number of hydrogen-bond donors (Lipinski definition) is 2. The van der Waals surface area contributed by atoms with Crippen molar-refractivity contribution < 1.29 is 14.9 Å². The van der Waals surface area contributed by atoms with Crippen LogP contribution in [0.25, 0.3) is 0 Å². The number of aliphatic hydroxyl groups excluding tert-OH is 2. The van der Waals surface area contributed by atoms with Gasteiger partial charge in [-0.05, 0) is 64.9 Å². The van der Waals surface area contributed by atoms with Gasteiger partial charge < -0.3 is 14.9 Å². The molecule has 1 aliphatic heterocycles. The van der Waals surface area contributed by atoms with Gasteiger partial charge in [-0.1, -0.05) is 29.9 Å². The molecule has 1 heterocycles. The van der Waals surface area contributed by atoms with E-state index >= 15 is 0 Å². The van der Waals surface area contributed by atoms with E-state index in [2.05, 4.69) is 26.5 Å². The van der Waals surface area contributed by atoms with Gasteiger partial charge in [-0.2, -0.15) is 0 Å². The molecule has 0 bridgehead atoms. The summed E-state index contributed by atoms with van der Waals surface area (Å²) in [6.07, 6.45) is 9.52. The Kier molecular flexibility index (Phi) is 6.24. The molecule has 0 aromatic heterocycles. The molecule has 1 unspecified atom stereocenters. The highest BCUT2D eigenvalue weighted by molar-refractivity contribution is 5.14. The lowest BCUT2D eigenvalue weighted by molar-refractivity contribution is 0.163. The standard InChI is InChI=1S/C20H32O3/c1-14(2)17-9-7-15(3)6-5-11-20(4)19(23-20)10-8-16(13-21)12-18(17)22/h6,12,17-19,21-22H,1,5,7-11,13H2,2-4H3/b15-6+,16-12+/t17-,18+,19?,20-/m1/s1. The highest BCUT2D eigenvalue weighted by atomic mass is 16.6. The van der Waals surface area contributed by atoms with E-state index < -0.39 is 6.10 Å². The molecule has 2 aliphatic rings. The van der Waals surface area contributed by atoms with Crippen molar-refractivity contribution in [2.24, 2.45) is 5.92 Å². The van der Waals surface area contributed by atoms with Gasteiger partial charge in [0.25, 0.3) is 0 Å². The molecule has 0 amide bonds. The van der Waals surface area contributed by atoms with Gasteiger partial charge in [-0.25, -0.2) is 0 Å². The maximum Gasteiger partial charge on any atom is 0.0923 e. The van der Waals surface area contributed by atoms with Crippen molar-refractivity contribution in [2.75, 3.05) is 6.61 Å². The van der Waals surface area contributed by atoms with Crippen molar-refractivity contribution in [3.63, 3.8) is 0 Å². The fourth-order valence-corrected chi connectivity index (χ4v) is 3.56. The van der Waals surface area contributed by atoms with E-state index in [9.17, 15) is 10.2 Å². The molecule has 0 spiro atoms. The monoisotopic (exact) mass is 320 g/mol. The van der Waals surface area contributed by atoms with Gasteiger partial charge in [-0.3, -0.25) is 0 Å². The molecule has 1 aliphatic carbocycles. The first-order chi connectivity index (χ1) is 10.9. The average Bonchev–Trinajstić information content (AvgIpc) is 3.13. The highest BCUT2D eigenvalue weighted by Crippen LogP contribution is 2.43. The first-order valence-corrected chi connectivity index (χ1v) is 8.83. The Morgan fingerprint density at radius 2 is 2.13 bits per heavy atom. The van der Waals surface area contributed by atoms with Crippen LogP contribution in [0.15, 0.2) is 35.5 Å². The Balaban J connectivity index is 2.15. The third kappa shape index (κ3) is 5.03. The third-order valence-electron chi connectivity index (χ3n) is 5.40. The molecule has 3 nitrogen and oxygen atoms in total. The van der Waals surface area contributed by atoms with Crippen molar-refractivity contribution in [3.8, 4) is 0 Å². The third-order valence-corrected chi connectivity index (χ3v) is 5.40. The maximum absolute atomic E-state index is 10.6. The molecular weight excluding hydrogens is 288 g/mol. The van der Waals surface area contributed by atoms with E-state index in [-0.39, 0.29) is 24.2 Å². The highest BCUT2D eigenvalue weighted by Gasteiger charge is 2.50. The topological polar surface area (TPSA) is 53.0 Å². The Morgan fingerprint density at radius 1 is 1.39 bits per heavy atom. The summed E-state index contributed by atoms with van der Waals surface area (Å²) in [7, 11) is 0. The van der Waals surface area contributed by atoms with Gasteiger partial charge in [0.15, 0.2) is 0 Å². The normalized spacial score (nSPS) is 40.8. The molecule has 1 saturated heterocycles. The number of rotatable bonds is 2. The number of fused-ring (bicyclic) bond motifs is 1. The molecule has 2 N–H and O–H groups in total. The van der Waals surface area contributed by atoms with E-state index in [0.29, 0.717) is 0 Å². The Morgan fingerprint density at radius 3 is 2.78 bits per heavy atom. The fraction of sp³-hybridized carbons (Fsp3) is 0.700. The van der Waals surface area contributed by atoms with Gasteiger partial charge in [0.05, 0.1) is 24.4 Å². The summed E-state index contributed by atoms with van der Waals surface area (Å²) in [5, 5.41) is 20.2. The van der Waals surface area contributed by atoms with Crippen molar-refractivity contribution in [2.45, 2.75) is 77.1 Å². The van der Waals surface area contributed by atoms with Crippen LogP contribution in [0, 0.1) is 5.92 Å². The van der Waals surface area contributed by atoms with Crippen LogP contribution < -0.4 is 0 Å². The van der Waals surface area contributed by atoms with E-state index in [0.717, 1.165) is 49.7 Å². The van der Waals surface area contributed by atoms with Crippen LogP contribution in [-0.4, -0.2) is 34.6 Å². The predicted octanol–water partition coefficient (Wildman–Crippen LogP) is 3.92. The summed E-state index contributed by atoms with van der Waals surface area (Å²) >= 11 is 0. The van der Waals surface area contributed by atoms with Crippen LogP contribution in [-0.2, 0) is 4.74 Å². The second kappa shape index (κ2) is 7.78. The van der Waals surface area contributed by atoms with E-state index in [1.54, 1.807) is 0 Å². The second-order valence-electron chi connectivity index (χ2n) is 7.51. The predicted molar refractivity (Wildman–Crippen MR) is 94.2 cm³/mol. The summed E-state index contributed by atoms with van der Waals surface area (Å²) in [5.41, 5.74) is 3.28. The molecule has 3 heteroatoms. The zero-order valence-corrected chi connectivity index (χ0v) is 14.8. The van der Waals surface area contributed by atoms with Crippen LogP contribution in [0.3, 0.4) is 0 Å². The Hall–Kier alpha value is -0.900. The molecule has 23 heavy (non-hydrogen) atoms. The molecule has 1 fully saturated rings. The van der Waals surface area contributed by atoms with Crippen LogP contribution in [0.4, 0.5) is 0 Å². The molecule has 130 valence electrons. The maximum atomic E-state index is 10.6. The Labute approximate surface area is 140 Å². The molecule has 4 atom stereocenters. The number of aliphatic hydroxyl groups is 2. The van der Waals surface area contributed by atoms with Gasteiger partial charge in [0.1, 0.15) is 0 Å². The molecule has 0 aromatic carbocycles. The van der Waals surface area contributed by atoms with E-state index in [4.69, 9.17) is 4.74 Å². The minimum absolute atomic E-state index is 0.000316. The molecule has 0 radical (unpaired) electrons. The summed E-state index contributed by atoms with van der Waals surface area (Å²) < 4.78 is 5.88. The summed E-state index contributed by atoms with van der Waals surface area (Å²) in [6, 6.07) is 0. The van der Waals surface area contributed by atoms with Crippen molar-refractivity contribution in [1.29, 1.82) is 0 Å². The van der Waals surface area contributed by atoms with Crippen LogP contribution in [0.5, 0.6) is 0 Å². The summed E-state index contributed by atoms with van der Waals surface area (Å²) in [6.45, 7) is 10.4. The quantitative estimate of drug-likeness (QED) is 0.599.